The second-order valence-corrected chi connectivity index (χ2v) is 7.31. The van der Waals surface area contributed by atoms with Crippen LogP contribution in [0.4, 0.5) is 0 Å². The molecule has 1 aliphatic heterocycles. The van der Waals surface area contributed by atoms with E-state index in [-0.39, 0.29) is 30.5 Å². The molecule has 0 bridgehead atoms. The fourth-order valence-corrected chi connectivity index (χ4v) is 3.76. The number of aromatic nitrogens is 5. The normalized spacial score (nSPS) is 14.9. The van der Waals surface area contributed by atoms with Crippen LogP contribution in [0, 0.1) is 0 Å². The lowest BCUT2D eigenvalue weighted by Crippen LogP contribution is -2.39. The summed E-state index contributed by atoms with van der Waals surface area (Å²) in [4.78, 5) is 51.8. The van der Waals surface area contributed by atoms with E-state index in [4.69, 9.17) is 4.74 Å². The number of methoxy groups -OCH3 is 1. The highest BCUT2D eigenvalue weighted by molar-refractivity contribution is 5.76. The number of hydrogen-bond donors (Lipinski definition) is 1. The molecular weight excluding hydrogens is 392 g/mol. The molecule has 0 radical (unpaired) electrons. The number of amides is 1. The van der Waals surface area contributed by atoms with Gasteiger partial charge in [-0.3, -0.25) is 19.1 Å². The number of hydrogen-bond acceptors (Lipinski definition) is 6. The molecule has 164 valence electrons. The van der Waals surface area contributed by atoms with Gasteiger partial charge in [0.25, 0.3) is 5.56 Å². The van der Waals surface area contributed by atoms with Gasteiger partial charge in [0, 0.05) is 57.9 Å². The average molecular weight is 420 g/mol. The molecule has 0 saturated carbocycles. The van der Waals surface area contributed by atoms with Gasteiger partial charge in [0.1, 0.15) is 5.82 Å². The number of carbonyl (C=O) groups excluding carboxylic acids is 1. The van der Waals surface area contributed by atoms with Crippen molar-refractivity contribution in [3.63, 3.8) is 0 Å². The average Bonchev–Trinajstić information content (AvgIpc) is 3.06. The summed E-state index contributed by atoms with van der Waals surface area (Å²) in [5, 5.41) is 4.52. The Balaban J connectivity index is 1.59. The number of carbonyl (C=O) groups is 1. The molecule has 3 heterocycles. The van der Waals surface area contributed by atoms with E-state index in [2.05, 4.69) is 10.1 Å². The third-order valence-electron chi connectivity index (χ3n) is 5.45. The maximum Gasteiger partial charge on any atom is 0.345 e. The molecule has 3 rings (SSSR count). The Hall–Kier alpha value is -2.95. The first-order valence-electron chi connectivity index (χ1n) is 10.2. The highest BCUT2D eigenvalue weighted by Gasteiger charge is 2.28. The first-order valence-corrected chi connectivity index (χ1v) is 10.2. The Kier molecular flexibility index (Phi) is 7.03. The number of H-pyrrole nitrogens is 1. The molecule has 1 saturated heterocycles. The second kappa shape index (κ2) is 9.70. The molecule has 0 spiro atoms. The summed E-state index contributed by atoms with van der Waals surface area (Å²) in [6, 6.07) is 1.26. The van der Waals surface area contributed by atoms with Crippen molar-refractivity contribution >= 4 is 5.91 Å². The summed E-state index contributed by atoms with van der Waals surface area (Å²) >= 11 is 0. The topological polar surface area (TPSA) is 124 Å². The maximum atomic E-state index is 12.5. The third-order valence-corrected chi connectivity index (χ3v) is 5.45. The molecule has 2 aromatic rings. The molecule has 0 unspecified atom stereocenters. The van der Waals surface area contributed by atoms with Gasteiger partial charge in [0.2, 0.25) is 5.91 Å². The van der Waals surface area contributed by atoms with E-state index in [0.717, 1.165) is 18.7 Å². The molecule has 1 N–H and O–H groups in total. The van der Waals surface area contributed by atoms with Crippen molar-refractivity contribution in [2.24, 2.45) is 0 Å². The summed E-state index contributed by atoms with van der Waals surface area (Å²) < 4.78 is 9.50. The van der Waals surface area contributed by atoms with Crippen LogP contribution in [-0.4, -0.2) is 61.5 Å². The lowest BCUT2D eigenvalue weighted by atomic mass is 9.95. The number of likely N-dealkylation sites (tertiary alicyclic amines) is 1. The van der Waals surface area contributed by atoms with Crippen LogP contribution in [0.3, 0.4) is 0 Å². The maximum absolute atomic E-state index is 12.5. The summed E-state index contributed by atoms with van der Waals surface area (Å²) in [5.74, 6) is 0.850. The first kappa shape index (κ1) is 21.8. The molecule has 0 aromatic carbocycles. The van der Waals surface area contributed by atoms with Gasteiger partial charge < -0.3 is 14.2 Å². The molecular formula is C19H28N6O5. The van der Waals surface area contributed by atoms with Crippen molar-refractivity contribution < 1.29 is 9.53 Å². The van der Waals surface area contributed by atoms with Crippen molar-refractivity contribution in [3.8, 4) is 0 Å². The van der Waals surface area contributed by atoms with Crippen LogP contribution in [0.1, 0.15) is 37.9 Å². The van der Waals surface area contributed by atoms with E-state index in [0.29, 0.717) is 32.8 Å². The number of nitrogens with zero attached hydrogens (tertiary/aromatic N) is 5. The third kappa shape index (κ3) is 4.78. The van der Waals surface area contributed by atoms with Gasteiger partial charge in [-0.05, 0) is 19.8 Å². The van der Waals surface area contributed by atoms with Crippen molar-refractivity contribution in [1.29, 1.82) is 0 Å². The zero-order valence-electron chi connectivity index (χ0n) is 17.4. The minimum Gasteiger partial charge on any atom is -0.383 e. The van der Waals surface area contributed by atoms with Gasteiger partial charge in [-0.25, -0.2) is 14.3 Å². The first-order chi connectivity index (χ1) is 14.4. The van der Waals surface area contributed by atoms with Crippen LogP contribution >= 0.6 is 0 Å². The molecule has 1 amide bonds. The van der Waals surface area contributed by atoms with Crippen LogP contribution in [0.2, 0.25) is 0 Å². The van der Waals surface area contributed by atoms with Crippen LogP contribution in [0.15, 0.2) is 26.6 Å². The number of ether oxygens (including phenoxy) is 1. The van der Waals surface area contributed by atoms with Gasteiger partial charge in [-0.15, -0.1) is 0 Å². The predicted molar refractivity (Wildman–Crippen MR) is 109 cm³/mol. The van der Waals surface area contributed by atoms with Crippen molar-refractivity contribution in [1.82, 2.24) is 28.8 Å². The molecule has 11 nitrogen and oxygen atoms in total. The molecule has 1 fully saturated rings. The Morgan fingerprint density at radius 3 is 2.60 bits per heavy atom. The largest absolute Gasteiger partial charge is 0.383 e. The van der Waals surface area contributed by atoms with E-state index in [1.165, 1.54) is 21.5 Å². The Morgan fingerprint density at radius 2 is 1.97 bits per heavy atom. The SMILES string of the molecule is CCn1c(C2CCN(C(=O)CCn3ccc(=O)[nH]c3=O)CC2)nn(CCOC)c1=O. The Morgan fingerprint density at radius 1 is 1.23 bits per heavy atom. The van der Waals surface area contributed by atoms with E-state index in [9.17, 15) is 19.2 Å². The van der Waals surface area contributed by atoms with E-state index in [1.54, 1.807) is 16.6 Å². The van der Waals surface area contributed by atoms with E-state index in [1.807, 2.05) is 6.92 Å². The lowest BCUT2D eigenvalue weighted by Gasteiger charge is -2.31. The highest BCUT2D eigenvalue weighted by atomic mass is 16.5. The van der Waals surface area contributed by atoms with E-state index >= 15 is 0 Å². The quantitative estimate of drug-likeness (QED) is 0.606. The van der Waals surface area contributed by atoms with Crippen molar-refractivity contribution in [2.45, 2.75) is 51.7 Å². The molecule has 30 heavy (non-hydrogen) atoms. The van der Waals surface area contributed by atoms with Gasteiger partial charge >= 0.3 is 11.4 Å². The Bertz CT molecular complexity index is 1040. The zero-order chi connectivity index (χ0) is 21.7. The lowest BCUT2D eigenvalue weighted by molar-refractivity contribution is -0.132. The molecule has 11 heteroatoms. The fourth-order valence-electron chi connectivity index (χ4n) is 3.76. The number of aryl methyl sites for hydroxylation is 1. The summed E-state index contributed by atoms with van der Waals surface area (Å²) in [5.41, 5.74) is -1.11. The van der Waals surface area contributed by atoms with Crippen molar-refractivity contribution in [2.75, 3.05) is 26.8 Å². The minimum atomic E-state index is -0.518. The number of nitrogens with one attached hydrogen (secondary N) is 1. The van der Waals surface area contributed by atoms with Gasteiger partial charge in [-0.1, -0.05) is 0 Å². The van der Waals surface area contributed by atoms with Gasteiger partial charge in [0.05, 0.1) is 13.2 Å². The molecule has 0 atom stereocenters. The predicted octanol–water partition coefficient (Wildman–Crippen LogP) is -0.643. The van der Waals surface area contributed by atoms with Crippen LogP contribution in [0.5, 0.6) is 0 Å². The van der Waals surface area contributed by atoms with Gasteiger partial charge in [0.15, 0.2) is 0 Å². The second-order valence-electron chi connectivity index (χ2n) is 7.31. The summed E-state index contributed by atoms with van der Waals surface area (Å²) in [6.45, 7) is 4.68. The number of rotatable bonds is 8. The van der Waals surface area contributed by atoms with E-state index < -0.39 is 11.2 Å². The van der Waals surface area contributed by atoms with Gasteiger partial charge in [-0.2, -0.15) is 5.10 Å². The van der Waals surface area contributed by atoms with Crippen LogP contribution < -0.4 is 16.9 Å². The fraction of sp³-hybridized carbons (Fsp3) is 0.632. The molecule has 0 aliphatic carbocycles. The highest BCUT2D eigenvalue weighted by Crippen LogP contribution is 2.26. The Labute approximate surface area is 172 Å². The van der Waals surface area contributed by atoms with Crippen LogP contribution in [0.25, 0.3) is 0 Å². The zero-order valence-corrected chi connectivity index (χ0v) is 17.4. The number of aromatic amines is 1. The molecule has 2 aromatic heterocycles. The summed E-state index contributed by atoms with van der Waals surface area (Å²) in [7, 11) is 1.59. The summed E-state index contributed by atoms with van der Waals surface area (Å²) in [6.07, 6.45) is 3.03. The van der Waals surface area contributed by atoms with Crippen LogP contribution in [-0.2, 0) is 29.2 Å². The number of piperidine rings is 1. The standard InChI is InChI=1S/C19H28N6O5/c1-3-24-17(21-25(19(24)29)12-13-30-2)14-4-8-22(9-5-14)16(27)7-11-23-10-6-15(26)20-18(23)28/h6,10,14H,3-5,7-9,11-13H2,1-2H3,(H,20,26,28). The smallest absolute Gasteiger partial charge is 0.345 e. The monoisotopic (exact) mass is 420 g/mol. The minimum absolute atomic E-state index is 0.0370. The van der Waals surface area contributed by atoms with Crippen molar-refractivity contribution in [3.05, 3.63) is 49.4 Å². The molecule has 1 aliphatic rings.